The molecule has 2 saturated carbocycles. The molecule has 2 aliphatic rings. The van der Waals surface area contributed by atoms with Gasteiger partial charge in [0.05, 0.1) is 6.26 Å². The van der Waals surface area contributed by atoms with Crippen LogP contribution in [0.4, 0.5) is 11.4 Å². The van der Waals surface area contributed by atoms with Crippen LogP contribution in [0.1, 0.15) is 64.2 Å². The molecule has 0 saturated heterocycles. The fourth-order valence-electron chi connectivity index (χ4n) is 6.71. The van der Waals surface area contributed by atoms with Gasteiger partial charge in [-0.05, 0) is 53.9 Å². The minimum absolute atomic E-state index is 0. The summed E-state index contributed by atoms with van der Waals surface area (Å²) in [5.41, 5.74) is 16.3. The number of rotatable bonds is 6. The average molecular weight is 763 g/mol. The van der Waals surface area contributed by atoms with Crippen molar-refractivity contribution >= 4 is 34.7 Å². The Bertz CT molecular complexity index is 1580. The van der Waals surface area contributed by atoms with E-state index >= 15 is 0 Å². The van der Waals surface area contributed by atoms with Crippen LogP contribution in [-0.2, 0) is 30.5 Å². The van der Waals surface area contributed by atoms with Crippen molar-refractivity contribution in [3.8, 4) is 22.3 Å². The largest absolute Gasteiger partial charge is 2.00 e. The summed E-state index contributed by atoms with van der Waals surface area (Å²) in [4.78, 5) is 2.27. The van der Waals surface area contributed by atoms with Crippen molar-refractivity contribution in [2.24, 2.45) is 0 Å². The Morgan fingerprint density at radius 2 is 1.17 bits per heavy atom. The normalized spacial score (nSPS) is 15.3. The molecule has 2 aliphatic carbocycles. The van der Waals surface area contributed by atoms with Gasteiger partial charge in [-0.15, -0.1) is 41.5 Å². The van der Waals surface area contributed by atoms with E-state index in [1.807, 2.05) is 42.5 Å². The minimum atomic E-state index is -3.67. The molecule has 0 atom stereocenters. The van der Waals surface area contributed by atoms with Crippen LogP contribution >= 0.6 is 7.92 Å². The minimum Gasteiger partial charge on any atom is -0.706 e. The first-order valence-corrected chi connectivity index (χ1v) is 19.8. The van der Waals surface area contributed by atoms with Crippen molar-refractivity contribution in [1.82, 2.24) is 0 Å². The number of hydrogen-bond donors (Lipinski definition) is 1. The molecule has 6 rings (SSSR count). The quantitative estimate of drug-likeness (QED) is 0.0918. The number of nitrogens with zero attached hydrogens (tertiary/aromatic N) is 1. The molecule has 0 radical (unpaired) electrons. The average Bonchev–Trinajstić information content (AvgIpc) is 3.06. The summed E-state index contributed by atoms with van der Waals surface area (Å²) in [6.45, 7) is 0. The Labute approximate surface area is 298 Å². The van der Waals surface area contributed by atoms with Gasteiger partial charge in [0.15, 0.2) is 0 Å². The second-order valence-corrected chi connectivity index (χ2v) is 16.7. The number of nitrogens with one attached hydrogen (secondary N) is 1. The maximum Gasteiger partial charge on any atom is 2.00 e. The summed E-state index contributed by atoms with van der Waals surface area (Å²) in [5.74, 6) is 0. The molecule has 5 nitrogen and oxygen atoms in total. The summed E-state index contributed by atoms with van der Waals surface area (Å²) < 4.78 is 25.9. The monoisotopic (exact) mass is 762 g/mol. The predicted molar refractivity (Wildman–Crippen MR) is 199 cm³/mol. The van der Waals surface area contributed by atoms with Crippen molar-refractivity contribution in [3.63, 3.8) is 0 Å². The zero-order valence-corrected chi connectivity index (χ0v) is 31.1. The van der Waals surface area contributed by atoms with Crippen molar-refractivity contribution < 1.29 is 33.4 Å². The molecule has 254 valence electrons. The van der Waals surface area contributed by atoms with E-state index in [-0.39, 0.29) is 28.3 Å². The SMILES string of the molecule is CN(C)c1ccccc1-c1ccccc1P(C1CCCCC1)C1CCCCC1.CS(=O)(=O)O.[NH-]c1ccccc1-c1[c-]cccc1.[Pd+2]. The summed E-state index contributed by atoms with van der Waals surface area (Å²) in [6.07, 6.45) is 15.3. The van der Waals surface area contributed by atoms with Gasteiger partial charge >= 0.3 is 20.4 Å². The standard InChI is InChI=1S/C26H36NP.C12H9N.CH4O3S.Pd/c1-27(2)25-19-11-9-17-23(25)24-18-10-12-20-26(24)28(21-13-5-3-6-14-21)22-15-7-4-8-16-22;13-12-9-5-4-8-11(12)10-6-2-1-3-7-10;1-5(2,3)4;/h9-12,17-22H,3-8,13-16H2,1-2H3;1-6,8-9,13H;1H3,(H,2,3,4);/q;-2;;+2. The Morgan fingerprint density at radius 1 is 0.702 bits per heavy atom. The third-order valence-corrected chi connectivity index (χ3v) is 12.3. The van der Waals surface area contributed by atoms with Crippen LogP contribution in [0.3, 0.4) is 0 Å². The second kappa shape index (κ2) is 19.5. The Kier molecular flexibility index (Phi) is 16.1. The molecule has 0 amide bonds. The van der Waals surface area contributed by atoms with Gasteiger partial charge in [-0.25, -0.2) is 0 Å². The third-order valence-electron chi connectivity index (χ3n) is 8.72. The van der Waals surface area contributed by atoms with E-state index in [0.717, 1.165) is 22.4 Å². The van der Waals surface area contributed by atoms with Crippen LogP contribution in [0.15, 0.2) is 97.1 Å². The van der Waals surface area contributed by atoms with E-state index in [4.69, 9.17) is 10.3 Å². The van der Waals surface area contributed by atoms with Gasteiger partial charge in [0.25, 0.3) is 10.1 Å². The smallest absolute Gasteiger partial charge is 0.706 e. The summed E-state index contributed by atoms with van der Waals surface area (Å²) >= 11 is 0. The molecule has 0 heterocycles. The summed E-state index contributed by atoms with van der Waals surface area (Å²) in [6, 6.07) is 36.8. The fourth-order valence-corrected chi connectivity index (χ4v) is 10.7. The fraction of sp³-hybridized carbons (Fsp3) is 0.385. The molecule has 0 aliphatic heterocycles. The molecule has 0 aromatic heterocycles. The first-order valence-electron chi connectivity index (χ1n) is 16.5. The molecule has 0 bridgehead atoms. The van der Waals surface area contributed by atoms with Crippen molar-refractivity contribution in [3.05, 3.63) is 109 Å². The molecular weight excluding hydrogens is 714 g/mol. The number of hydrogen-bond acceptors (Lipinski definition) is 3. The summed E-state index contributed by atoms with van der Waals surface area (Å²) in [5, 5.41) is 1.70. The van der Waals surface area contributed by atoms with Crippen LogP contribution in [-0.4, -0.2) is 44.6 Å². The Balaban J connectivity index is 0.000000262. The molecule has 4 aromatic carbocycles. The second-order valence-electron chi connectivity index (χ2n) is 12.5. The van der Waals surface area contributed by atoms with Gasteiger partial charge in [0, 0.05) is 25.3 Å². The van der Waals surface area contributed by atoms with Crippen LogP contribution < -0.4 is 10.2 Å². The molecule has 0 unspecified atom stereocenters. The van der Waals surface area contributed by atoms with Gasteiger partial charge in [0.2, 0.25) is 0 Å². The topological polar surface area (TPSA) is 81.4 Å². The zero-order valence-electron chi connectivity index (χ0n) is 27.8. The van der Waals surface area contributed by atoms with Crippen molar-refractivity contribution in [1.29, 1.82) is 0 Å². The maximum absolute atomic E-state index is 9.19. The molecule has 2 N–H and O–H groups in total. The Morgan fingerprint density at radius 3 is 1.68 bits per heavy atom. The van der Waals surface area contributed by atoms with Crippen molar-refractivity contribution in [2.45, 2.75) is 75.5 Å². The number of benzene rings is 4. The maximum atomic E-state index is 9.19. The van der Waals surface area contributed by atoms with Gasteiger partial charge in [-0.1, -0.05) is 113 Å². The summed E-state index contributed by atoms with van der Waals surface area (Å²) in [7, 11) is 0.593. The molecule has 4 aromatic rings. The molecule has 0 spiro atoms. The molecular formula is C39H49N2O3PPdS. The van der Waals surface area contributed by atoms with Gasteiger partial charge in [-0.3, -0.25) is 4.55 Å². The molecule has 2 fully saturated rings. The van der Waals surface area contributed by atoms with E-state index in [1.165, 1.54) is 81.0 Å². The van der Waals surface area contributed by atoms with E-state index in [9.17, 15) is 8.42 Å². The Hall–Kier alpha value is -2.52. The zero-order chi connectivity index (χ0) is 32.9. The molecule has 47 heavy (non-hydrogen) atoms. The van der Waals surface area contributed by atoms with Gasteiger partial charge in [0.1, 0.15) is 0 Å². The van der Waals surface area contributed by atoms with Crippen LogP contribution in [0.2, 0.25) is 0 Å². The van der Waals surface area contributed by atoms with Gasteiger partial charge in [-0.2, -0.15) is 14.1 Å². The van der Waals surface area contributed by atoms with E-state index in [0.29, 0.717) is 11.9 Å². The van der Waals surface area contributed by atoms with E-state index < -0.39 is 10.1 Å². The first kappa shape index (κ1) is 38.9. The van der Waals surface area contributed by atoms with Crippen LogP contribution in [0.25, 0.3) is 28.0 Å². The number of para-hydroxylation sites is 1. The number of anilines is 1. The predicted octanol–water partition coefficient (Wildman–Crippen LogP) is 10.5. The third kappa shape index (κ3) is 12.1. The molecule has 8 heteroatoms. The van der Waals surface area contributed by atoms with Crippen molar-refractivity contribution in [2.75, 3.05) is 25.3 Å². The van der Waals surface area contributed by atoms with Crippen LogP contribution in [0.5, 0.6) is 0 Å². The van der Waals surface area contributed by atoms with Gasteiger partial charge < -0.3 is 10.6 Å². The van der Waals surface area contributed by atoms with E-state index in [1.54, 1.807) is 11.4 Å². The van der Waals surface area contributed by atoms with Crippen LogP contribution in [0, 0.1) is 6.07 Å². The van der Waals surface area contributed by atoms with E-state index in [2.05, 4.69) is 73.6 Å². The first-order chi connectivity index (χ1) is 22.1.